The van der Waals surface area contributed by atoms with E-state index in [2.05, 4.69) is 17.2 Å². The van der Waals surface area contributed by atoms with Gasteiger partial charge in [0.2, 0.25) is 0 Å². The van der Waals surface area contributed by atoms with E-state index in [9.17, 15) is 23.3 Å². The molecule has 1 saturated carbocycles. The van der Waals surface area contributed by atoms with Gasteiger partial charge in [-0.15, -0.1) is 0 Å². The topological polar surface area (TPSA) is 68.1 Å². The summed E-state index contributed by atoms with van der Waals surface area (Å²) in [6.45, 7) is 2.12. The standard InChI is InChI=1S/C13H16F3N3O2/c1-8-2-4-9(5-3-8)18-10-6-12(13(14,15)16)17-7-11(10)19(20)21/h6-9H,2-5H2,1H3,(H,17,18). The third-order valence-corrected chi connectivity index (χ3v) is 3.75. The molecule has 116 valence electrons. The van der Waals surface area contributed by atoms with Crippen LogP contribution in [0.1, 0.15) is 38.3 Å². The maximum absolute atomic E-state index is 12.7. The van der Waals surface area contributed by atoms with Crippen molar-refractivity contribution in [3.63, 3.8) is 0 Å². The van der Waals surface area contributed by atoms with Crippen molar-refractivity contribution in [1.82, 2.24) is 4.98 Å². The molecule has 0 amide bonds. The normalized spacial score (nSPS) is 22.9. The number of rotatable bonds is 3. The third kappa shape index (κ3) is 3.83. The lowest BCUT2D eigenvalue weighted by Crippen LogP contribution is -2.26. The van der Waals surface area contributed by atoms with E-state index >= 15 is 0 Å². The Hall–Kier alpha value is -1.86. The molecule has 0 unspecified atom stereocenters. The highest BCUT2D eigenvalue weighted by atomic mass is 19.4. The molecule has 1 aliphatic rings. The zero-order valence-corrected chi connectivity index (χ0v) is 11.5. The van der Waals surface area contributed by atoms with E-state index in [4.69, 9.17) is 0 Å². The molecular formula is C13H16F3N3O2. The van der Waals surface area contributed by atoms with Crippen LogP contribution < -0.4 is 5.32 Å². The summed E-state index contributed by atoms with van der Waals surface area (Å²) in [6.07, 6.45) is -0.446. The van der Waals surface area contributed by atoms with E-state index in [0.29, 0.717) is 12.1 Å². The summed E-state index contributed by atoms with van der Waals surface area (Å²) in [5.74, 6) is 0.584. The number of nitrogens with one attached hydrogen (secondary N) is 1. The summed E-state index contributed by atoms with van der Waals surface area (Å²) >= 11 is 0. The summed E-state index contributed by atoms with van der Waals surface area (Å²) in [5.41, 5.74) is -1.66. The van der Waals surface area contributed by atoms with E-state index in [1.807, 2.05) is 0 Å². The van der Waals surface area contributed by atoms with Crippen molar-refractivity contribution in [2.45, 2.75) is 44.8 Å². The highest BCUT2D eigenvalue weighted by Crippen LogP contribution is 2.34. The van der Waals surface area contributed by atoms with Gasteiger partial charge >= 0.3 is 11.9 Å². The molecule has 0 radical (unpaired) electrons. The van der Waals surface area contributed by atoms with Gasteiger partial charge in [-0.05, 0) is 37.7 Å². The van der Waals surface area contributed by atoms with Crippen LogP contribution >= 0.6 is 0 Å². The Labute approximate surface area is 119 Å². The smallest absolute Gasteiger partial charge is 0.377 e. The lowest BCUT2D eigenvalue weighted by Gasteiger charge is -2.27. The van der Waals surface area contributed by atoms with Crippen LogP contribution in [0.25, 0.3) is 0 Å². The zero-order valence-electron chi connectivity index (χ0n) is 11.5. The number of nitro groups is 1. The molecular weight excluding hydrogens is 287 g/mol. The van der Waals surface area contributed by atoms with Gasteiger partial charge in [0, 0.05) is 6.04 Å². The van der Waals surface area contributed by atoms with Gasteiger partial charge in [0.1, 0.15) is 17.6 Å². The summed E-state index contributed by atoms with van der Waals surface area (Å²) in [5, 5.41) is 13.8. The summed E-state index contributed by atoms with van der Waals surface area (Å²) in [6, 6.07) is 0.680. The lowest BCUT2D eigenvalue weighted by molar-refractivity contribution is -0.384. The maximum atomic E-state index is 12.7. The molecule has 1 aliphatic carbocycles. The first-order chi connectivity index (χ1) is 9.77. The monoisotopic (exact) mass is 303 g/mol. The number of pyridine rings is 1. The molecule has 0 saturated heterocycles. The number of hydrogen-bond donors (Lipinski definition) is 1. The number of alkyl halides is 3. The molecule has 21 heavy (non-hydrogen) atoms. The molecule has 0 aliphatic heterocycles. The molecule has 0 spiro atoms. The predicted octanol–water partition coefficient (Wildman–Crippen LogP) is 4.00. The van der Waals surface area contributed by atoms with Gasteiger partial charge in [0.05, 0.1) is 4.92 Å². The summed E-state index contributed by atoms with van der Waals surface area (Å²) in [7, 11) is 0. The molecule has 0 atom stereocenters. The first-order valence-corrected chi connectivity index (χ1v) is 6.75. The van der Waals surface area contributed by atoms with Crippen molar-refractivity contribution >= 4 is 11.4 Å². The Kier molecular flexibility index (Phi) is 4.34. The van der Waals surface area contributed by atoms with Gasteiger partial charge in [-0.2, -0.15) is 13.2 Å². The van der Waals surface area contributed by atoms with Crippen LogP contribution in [-0.4, -0.2) is 15.9 Å². The van der Waals surface area contributed by atoms with Gasteiger partial charge in [0.15, 0.2) is 0 Å². The minimum Gasteiger partial charge on any atom is -0.377 e. The zero-order chi connectivity index (χ0) is 15.6. The Bertz CT molecular complexity index is 526. The minimum absolute atomic E-state index is 0.0385. The maximum Gasteiger partial charge on any atom is 0.433 e. The predicted molar refractivity (Wildman–Crippen MR) is 70.9 cm³/mol. The minimum atomic E-state index is -4.62. The molecule has 2 rings (SSSR count). The first kappa shape index (κ1) is 15.5. The Balaban J connectivity index is 2.24. The van der Waals surface area contributed by atoms with E-state index in [1.165, 1.54) is 0 Å². The van der Waals surface area contributed by atoms with Crippen LogP contribution in [0.15, 0.2) is 12.3 Å². The number of hydrogen-bond acceptors (Lipinski definition) is 4. The fourth-order valence-electron chi connectivity index (χ4n) is 2.49. The van der Waals surface area contributed by atoms with Crippen molar-refractivity contribution in [3.05, 3.63) is 28.1 Å². The Morgan fingerprint density at radius 3 is 2.48 bits per heavy atom. The van der Waals surface area contributed by atoms with Crippen molar-refractivity contribution in [3.8, 4) is 0 Å². The number of halogens is 3. The second kappa shape index (κ2) is 5.87. The van der Waals surface area contributed by atoms with Crippen molar-refractivity contribution in [2.75, 3.05) is 5.32 Å². The van der Waals surface area contributed by atoms with Gasteiger partial charge in [0.25, 0.3) is 0 Å². The van der Waals surface area contributed by atoms with Gasteiger partial charge < -0.3 is 5.32 Å². The third-order valence-electron chi connectivity index (χ3n) is 3.75. The van der Waals surface area contributed by atoms with E-state index < -0.39 is 22.5 Å². The van der Waals surface area contributed by atoms with Gasteiger partial charge in [-0.3, -0.25) is 10.1 Å². The fourth-order valence-corrected chi connectivity index (χ4v) is 2.49. The highest BCUT2D eigenvalue weighted by molar-refractivity contribution is 5.61. The van der Waals surface area contributed by atoms with E-state index in [1.54, 1.807) is 0 Å². The van der Waals surface area contributed by atoms with Crippen LogP contribution in [0.2, 0.25) is 0 Å². The molecule has 1 N–H and O–H groups in total. The molecule has 1 aromatic rings. The van der Waals surface area contributed by atoms with Crippen LogP contribution in [-0.2, 0) is 6.18 Å². The fraction of sp³-hybridized carbons (Fsp3) is 0.615. The van der Waals surface area contributed by atoms with Gasteiger partial charge in [-0.1, -0.05) is 6.92 Å². The molecule has 8 heteroatoms. The summed E-state index contributed by atoms with van der Waals surface area (Å²) < 4.78 is 38.0. The van der Waals surface area contributed by atoms with Gasteiger partial charge in [-0.25, -0.2) is 4.98 Å². The first-order valence-electron chi connectivity index (χ1n) is 6.75. The molecule has 1 aromatic heterocycles. The second-order valence-corrected chi connectivity index (χ2v) is 5.44. The number of nitrogens with zero attached hydrogens (tertiary/aromatic N) is 2. The second-order valence-electron chi connectivity index (χ2n) is 5.44. The van der Waals surface area contributed by atoms with Crippen molar-refractivity contribution in [1.29, 1.82) is 0 Å². The number of anilines is 1. The number of aromatic nitrogens is 1. The molecule has 1 fully saturated rings. The largest absolute Gasteiger partial charge is 0.433 e. The van der Waals surface area contributed by atoms with Crippen LogP contribution in [0.5, 0.6) is 0 Å². The molecule has 0 aromatic carbocycles. The average Bonchev–Trinajstić information content (AvgIpc) is 2.40. The van der Waals surface area contributed by atoms with E-state index in [-0.39, 0.29) is 11.7 Å². The average molecular weight is 303 g/mol. The molecule has 0 bridgehead atoms. The van der Waals surface area contributed by atoms with Crippen LogP contribution in [0.3, 0.4) is 0 Å². The molecule has 5 nitrogen and oxygen atoms in total. The highest BCUT2D eigenvalue weighted by Gasteiger charge is 2.34. The van der Waals surface area contributed by atoms with E-state index in [0.717, 1.165) is 31.7 Å². The Morgan fingerprint density at radius 2 is 1.95 bits per heavy atom. The SMILES string of the molecule is CC1CCC(Nc2cc(C(F)(F)F)ncc2[N+](=O)[O-])CC1. The van der Waals surface area contributed by atoms with Crippen LogP contribution in [0.4, 0.5) is 24.5 Å². The summed E-state index contributed by atoms with van der Waals surface area (Å²) in [4.78, 5) is 13.3. The quantitative estimate of drug-likeness (QED) is 0.677. The molecule has 1 heterocycles. The van der Waals surface area contributed by atoms with Crippen LogP contribution in [0, 0.1) is 16.0 Å². The van der Waals surface area contributed by atoms with Crippen molar-refractivity contribution < 1.29 is 18.1 Å². The lowest BCUT2D eigenvalue weighted by atomic mass is 9.87. The van der Waals surface area contributed by atoms with Crippen molar-refractivity contribution in [2.24, 2.45) is 5.92 Å². The Morgan fingerprint density at radius 1 is 1.33 bits per heavy atom.